The van der Waals surface area contributed by atoms with Gasteiger partial charge in [-0.25, -0.2) is 22.8 Å². The van der Waals surface area contributed by atoms with Gasteiger partial charge in [-0.1, -0.05) is 60.3 Å². The summed E-state index contributed by atoms with van der Waals surface area (Å²) in [4.78, 5) is 21.0. The average Bonchev–Trinajstić information content (AvgIpc) is 2.86. The second kappa shape index (κ2) is 9.47. The molecule has 1 aliphatic rings. The zero-order valence-corrected chi connectivity index (χ0v) is 19.9. The zero-order chi connectivity index (χ0) is 24.4. The molecule has 1 aromatic heterocycles. The number of amides is 1. The van der Waals surface area contributed by atoms with Crippen molar-refractivity contribution in [1.82, 2.24) is 9.97 Å². The molecule has 1 amide bonds. The van der Waals surface area contributed by atoms with Crippen LogP contribution in [0.15, 0.2) is 95.1 Å². The number of hydrogen-bond acceptors (Lipinski definition) is 6. The van der Waals surface area contributed by atoms with Crippen molar-refractivity contribution in [3.05, 3.63) is 96.4 Å². The summed E-state index contributed by atoms with van der Waals surface area (Å²) in [5.41, 5.74) is 2.54. The standard InChI is InChI=1S/C25H19FN4O3S2/c26-18-8-6-7-17(13-18)15-30-21-12-5-4-11-20(21)24-22(35(30,32)33)14-27-25(29-24)34-16-23(31)28-19-9-2-1-3-10-19/h1-14H,15-16H2,(H,28,31). The highest BCUT2D eigenvalue weighted by atomic mass is 32.2. The number of nitrogens with one attached hydrogen (secondary N) is 1. The molecule has 0 fully saturated rings. The van der Waals surface area contributed by atoms with Gasteiger partial charge in [0.2, 0.25) is 5.91 Å². The zero-order valence-electron chi connectivity index (χ0n) is 18.3. The maximum absolute atomic E-state index is 13.7. The van der Waals surface area contributed by atoms with Crippen LogP contribution in [0, 0.1) is 5.82 Å². The van der Waals surface area contributed by atoms with Crippen LogP contribution in [-0.4, -0.2) is 30.0 Å². The van der Waals surface area contributed by atoms with Crippen LogP contribution in [0.1, 0.15) is 5.56 Å². The van der Waals surface area contributed by atoms with Crippen molar-refractivity contribution in [2.75, 3.05) is 15.4 Å². The number of aromatic nitrogens is 2. The Morgan fingerprint density at radius 3 is 2.57 bits per heavy atom. The Morgan fingerprint density at radius 2 is 1.77 bits per heavy atom. The van der Waals surface area contributed by atoms with Crippen molar-refractivity contribution >= 4 is 39.1 Å². The van der Waals surface area contributed by atoms with E-state index < -0.39 is 15.8 Å². The Labute approximate surface area is 206 Å². The molecule has 10 heteroatoms. The van der Waals surface area contributed by atoms with Gasteiger partial charge in [0, 0.05) is 11.3 Å². The highest BCUT2D eigenvalue weighted by molar-refractivity contribution is 7.99. The second-order valence-electron chi connectivity index (χ2n) is 7.73. The SMILES string of the molecule is O=C(CSc1ncc2c(n1)-c1ccccc1N(Cc1cccc(F)c1)S2(=O)=O)Nc1ccccc1. The first-order chi connectivity index (χ1) is 16.9. The van der Waals surface area contributed by atoms with Crippen molar-refractivity contribution in [2.45, 2.75) is 16.6 Å². The third-order valence-electron chi connectivity index (χ3n) is 5.33. The monoisotopic (exact) mass is 506 g/mol. The number of benzene rings is 3. The third-order valence-corrected chi connectivity index (χ3v) is 7.96. The molecule has 4 aromatic rings. The molecule has 0 atom stereocenters. The summed E-state index contributed by atoms with van der Waals surface area (Å²) < 4.78 is 42.0. The van der Waals surface area contributed by atoms with Crippen LogP contribution < -0.4 is 9.62 Å². The number of sulfonamides is 1. The summed E-state index contributed by atoms with van der Waals surface area (Å²) in [5, 5.41) is 3.08. The molecule has 3 aromatic carbocycles. The fourth-order valence-corrected chi connectivity index (χ4v) is 5.94. The van der Waals surface area contributed by atoms with Crippen LogP contribution in [0.4, 0.5) is 15.8 Å². The van der Waals surface area contributed by atoms with E-state index in [1.54, 1.807) is 48.5 Å². The molecule has 0 saturated carbocycles. The number of para-hydroxylation sites is 2. The first kappa shape index (κ1) is 23.0. The number of halogens is 1. The third kappa shape index (κ3) is 4.75. The lowest BCUT2D eigenvalue weighted by molar-refractivity contribution is -0.113. The highest BCUT2D eigenvalue weighted by Crippen LogP contribution is 2.42. The largest absolute Gasteiger partial charge is 0.325 e. The Balaban J connectivity index is 1.43. The summed E-state index contributed by atoms with van der Waals surface area (Å²) in [6, 6.07) is 21.9. The minimum absolute atomic E-state index is 0.0350. The van der Waals surface area contributed by atoms with Crippen molar-refractivity contribution < 1.29 is 17.6 Å². The van der Waals surface area contributed by atoms with Gasteiger partial charge in [-0.3, -0.25) is 9.10 Å². The number of carbonyl (C=O) groups excluding carboxylic acids is 1. The molecule has 1 N–H and O–H groups in total. The Hall–Kier alpha value is -3.76. The summed E-state index contributed by atoms with van der Waals surface area (Å²) in [7, 11) is -4.00. The van der Waals surface area contributed by atoms with Crippen molar-refractivity contribution in [3.63, 3.8) is 0 Å². The molecule has 0 saturated heterocycles. The number of thioether (sulfide) groups is 1. The molecular weight excluding hydrogens is 487 g/mol. The van der Waals surface area contributed by atoms with Gasteiger partial charge in [-0.05, 0) is 35.9 Å². The smallest absolute Gasteiger partial charge is 0.268 e. The topological polar surface area (TPSA) is 92.3 Å². The molecule has 0 aliphatic carbocycles. The Morgan fingerprint density at radius 1 is 1.00 bits per heavy atom. The van der Waals surface area contributed by atoms with Crippen molar-refractivity contribution in [2.24, 2.45) is 0 Å². The fraction of sp³-hybridized carbons (Fsp3) is 0.0800. The maximum atomic E-state index is 13.7. The van der Waals surface area contributed by atoms with Crippen LogP contribution in [0.3, 0.4) is 0 Å². The normalized spacial score (nSPS) is 13.6. The van der Waals surface area contributed by atoms with E-state index in [9.17, 15) is 17.6 Å². The molecule has 0 bridgehead atoms. The predicted octanol–water partition coefficient (Wildman–Crippen LogP) is 4.72. The van der Waals surface area contributed by atoms with Gasteiger partial charge >= 0.3 is 0 Å². The van der Waals surface area contributed by atoms with Crippen LogP contribution >= 0.6 is 11.8 Å². The van der Waals surface area contributed by atoms with E-state index in [1.165, 1.54) is 22.6 Å². The van der Waals surface area contributed by atoms with Crippen LogP contribution in [-0.2, 0) is 21.4 Å². The number of hydrogen-bond donors (Lipinski definition) is 1. The van der Waals surface area contributed by atoms with Crippen LogP contribution in [0.5, 0.6) is 0 Å². The summed E-state index contributed by atoms with van der Waals surface area (Å²) in [6.45, 7) is -0.0350. The molecule has 2 heterocycles. The first-order valence-corrected chi connectivity index (χ1v) is 13.1. The number of nitrogens with zero attached hydrogens (tertiary/aromatic N) is 3. The molecule has 0 unspecified atom stereocenters. The van der Waals surface area contributed by atoms with E-state index in [-0.39, 0.29) is 34.0 Å². The molecule has 0 spiro atoms. The van der Waals surface area contributed by atoms with E-state index >= 15 is 0 Å². The van der Waals surface area contributed by atoms with Gasteiger partial charge in [0.1, 0.15) is 10.7 Å². The van der Waals surface area contributed by atoms with E-state index in [2.05, 4.69) is 15.3 Å². The molecule has 176 valence electrons. The van der Waals surface area contributed by atoms with Gasteiger partial charge in [-0.15, -0.1) is 0 Å². The van der Waals surface area contributed by atoms with Gasteiger partial charge in [0.15, 0.2) is 5.16 Å². The van der Waals surface area contributed by atoms with E-state index in [0.29, 0.717) is 22.5 Å². The molecular formula is C25H19FN4O3S2. The van der Waals surface area contributed by atoms with E-state index in [0.717, 1.165) is 11.8 Å². The molecule has 1 aliphatic heterocycles. The van der Waals surface area contributed by atoms with Gasteiger partial charge in [0.05, 0.1) is 29.9 Å². The highest BCUT2D eigenvalue weighted by Gasteiger charge is 2.36. The number of anilines is 2. The number of carbonyl (C=O) groups is 1. The van der Waals surface area contributed by atoms with Gasteiger partial charge < -0.3 is 5.32 Å². The lowest BCUT2D eigenvalue weighted by Gasteiger charge is -2.31. The fourth-order valence-electron chi connectivity index (χ4n) is 3.77. The average molecular weight is 507 g/mol. The van der Waals surface area contributed by atoms with E-state index in [4.69, 9.17) is 0 Å². The number of fused-ring (bicyclic) bond motifs is 3. The minimum Gasteiger partial charge on any atom is -0.325 e. The Kier molecular flexibility index (Phi) is 6.23. The second-order valence-corrected chi connectivity index (χ2v) is 10.5. The van der Waals surface area contributed by atoms with Crippen LogP contribution in [0.2, 0.25) is 0 Å². The summed E-state index contributed by atoms with van der Waals surface area (Å²) >= 11 is 1.12. The quantitative estimate of drug-likeness (QED) is 0.301. The molecule has 7 nitrogen and oxygen atoms in total. The van der Waals surface area contributed by atoms with Gasteiger partial charge in [0.25, 0.3) is 10.0 Å². The predicted molar refractivity (Wildman–Crippen MR) is 133 cm³/mol. The maximum Gasteiger partial charge on any atom is 0.268 e. The number of rotatable bonds is 6. The summed E-state index contributed by atoms with van der Waals surface area (Å²) in [5.74, 6) is -0.600. The molecule has 35 heavy (non-hydrogen) atoms. The van der Waals surface area contributed by atoms with Gasteiger partial charge in [-0.2, -0.15) is 0 Å². The first-order valence-electron chi connectivity index (χ1n) is 10.6. The Bertz CT molecular complexity index is 1510. The van der Waals surface area contributed by atoms with Crippen molar-refractivity contribution in [3.8, 4) is 11.3 Å². The van der Waals surface area contributed by atoms with Crippen LogP contribution in [0.25, 0.3) is 11.3 Å². The molecule has 0 radical (unpaired) electrons. The lowest BCUT2D eigenvalue weighted by Crippen LogP contribution is -2.34. The van der Waals surface area contributed by atoms with E-state index in [1.807, 2.05) is 18.2 Å². The minimum atomic E-state index is -4.00. The van der Waals surface area contributed by atoms with Crippen molar-refractivity contribution in [1.29, 1.82) is 0 Å². The summed E-state index contributed by atoms with van der Waals surface area (Å²) in [6.07, 6.45) is 1.27. The lowest BCUT2D eigenvalue weighted by atomic mass is 10.1. The molecule has 5 rings (SSSR count).